The number of aliphatic hydroxyl groups excluding tert-OH is 1. The van der Waals surface area contributed by atoms with Gasteiger partial charge in [-0.1, -0.05) is 0 Å². The van der Waals surface area contributed by atoms with E-state index in [-0.39, 0.29) is 29.2 Å². The molecule has 6 rings (SSSR count). The van der Waals surface area contributed by atoms with Gasteiger partial charge in [0.15, 0.2) is 29.1 Å². The van der Waals surface area contributed by atoms with Gasteiger partial charge in [-0.2, -0.15) is 4.39 Å². The van der Waals surface area contributed by atoms with Crippen molar-refractivity contribution in [1.82, 2.24) is 24.2 Å². The summed E-state index contributed by atoms with van der Waals surface area (Å²) in [4.78, 5) is 39.7. The van der Waals surface area contributed by atoms with Crippen molar-refractivity contribution >= 4 is 29.0 Å². The van der Waals surface area contributed by atoms with Gasteiger partial charge in [0.05, 0.1) is 26.0 Å². The number of aromatic nitrogens is 3. The molecule has 2 amide bonds. The second-order valence-electron chi connectivity index (χ2n) is 11.3. The van der Waals surface area contributed by atoms with E-state index >= 15 is 0 Å². The predicted molar refractivity (Wildman–Crippen MR) is 158 cm³/mol. The molecule has 230 valence electrons. The fraction of sp³-hybridized carbons (Fsp3) is 0.355. The first kappa shape index (κ1) is 29.5. The molecule has 44 heavy (non-hydrogen) atoms. The van der Waals surface area contributed by atoms with Crippen molar-refractivity contribution in [3.63, 3.8) is 0 Å². The topological polar surface area (TPSA) is 117 Å². The van der Waals surface area contributed by atoms with E-state index in [0.29, 0.717) is 67.6 Å². The highest BCUT2D eigenvalue weighted by Gasteiger charge is 2.40. The SMILES string of the molecule is COc1ccc(-c2cnc3c(Nc4ccc(C(=O)N5CCN(C(=O)[C@@H]6C[C@@H](O)C[NH+]6C)CC5)c(C)c4)nccn23)c(F)c1F. The van der Waals surface area contributed by atoms with Crippen LogP contribution in [0, 0.1) is 18.6 Å². The van der Waals surface area contributed by atoms with Crippen molar-refractivity contribution < 1.29 is 33.1 Å². The van der Waals surface area contributed by atoms with Gasteiger partial charge in [0.25, 0.3) is 11.8 Å². The van der Waals surface area contributed by atoms with E-state index in [9.17, 15) is 23.5 Å². The molecule has 4 heterocycles. The number of anilines is 2. The lowest BCUT2D eigenvalue weighted by Gasteiger charge is -2.36. The van der Waals surface area contributed by atoms with E-state index in [2.05, 4.69) is 15.3 Å². The highest BCUT2D eigenvalue weighted by Crippen LogP contribution is 2.31. The van der Waals surface area contributed by atoms with Gasteiger partial charge in [0.2, 0.25) is 5.82 Å². The lowest BCUT2D eigenvalue weighted by Crippen LogP contribution is -3.12. The van der Waals surface area contributed by atoms with Crippen LogP contribution in [0.2, 0.25) is 0 Å². The number of likely N-dealkylation sites (tertiary alicyclic amines) is 1. The number of halogens is 2. The van der Waals surface area contributed by atoms with E-state index in [4.69, 9.17) is 4.74 Å². The van der Waals surface area contributed by atoms with Crippen molar-refractivity contribution in [2.45, 2.75) is 25.5 Å². The molecule has 0 bridgehead atoms. The number of ether oxygens (including phenoxy) is 1. The molecule has 0 aliphatic carbocycles. The van der Waals surface area contributed by atoms with Gasteiger partial charge < -0.3 is 29.9 Å². The number of hydrogen-bond donors (Lipinski definition) is 3. The lowest BCUT2D eigenvalue weighted by molar-refractivity contribution is -0.884. The van der Waals surface area contributed by atoms with E-state index in [1.807, 2.05) is 20.0 Å². The smallest absolute Gasteiger partial charge is 0.281 e. The van der Waals surface area contributed by atoms with Crippen LogP contribution >= 0.6 is 0 Å². The molecule has 0 spiro atoms. The molecule has 2 aromatic carbocycles. The third-order valence-corrected chi connectivity index (χ3v) is 8.53. The molecule has 2 fully saturated rings. The Kier molecular flexibility index (Phi) is 7.91. The summed E-state index contributed by atoms with van der Waals surface area (Å²) >= 11 is 0. The number of amides is 2. The van der Waals surface area contributed by atoms with Crippen molar-refractivity contribution in [1.29, 1.82) is 0 Å². The Morgan fingerprint density at radius 1 is 1.07 bits per heavy atom. The average molecular weight is 607 g/mol. The maximum Gasteiger partial charge on any atom is 0.281 e. The minimum absolute atomic E-state index is 0.0302. The number of piperazine rings is 1. The molecule has 4 aromatic rings. The number of quaternary nitrogens is 1. The minimum Gasteiger partial charge on any atom is -0.494 e. The molecular formula is C31H34F2N7O4+. The Labute approximate surface area is 252 Å². The number of nitrogens with one attached hydrogen (secondary N) is 2. The number of rotatable bonds is 6. The largest absolute Gasteiger partial charge is 0.494 e. The number of nitrogens with zero attached hydrogens (tertiary/aromatic N) is 5. The van der Waals surface area contributed by atoms with Crippen LogP contribution < -0.4 is 15.0 Å². The van der Waals surface area contributed by atoms with Crippen LogP contribution in [-0.4, -0.2) is 100 Å². The van der Waals surface area contributed by atoms with E-state index in [0.717, 1.165) is 10.5 Å². The van der Waals surface area contributed by atoms with Crippen LogP contribution in [0.3, 0.4) is 0 Å². The van der Waals surface area contributed by atoms with E-state index in [1.165, 1.54) is 31.6 Å². The molecule has 1 unspecified atom stereocenters. The summed E-state index contributed by atoms with van der Waals surface area (Å²) in [5.74, 6) is -1.97. The van der Waals surface area contributed by atoms with Gasteiger partial charge in [-0.25, -0.2) is 14.4 Å². The molecule has 13 heteroatoms. The van der Waals surface area contributed by atoms with Crippen LogP contribution in [-0.2, 0) is 4.79 Å². The molecule has 2 aliphatic rings. The van der Waals surface area contributed by atoms with Crippen LogP contribution in [0.4, 0.5) is 20.3 Å². The Balaban J connectivity index is 1.15. The summed E-state index contributed by atoms with van der Waals surface area (Å²) in [7, 11) is 3.20. The summed E-state index contributed by atoms with van der Waals surface area (Å²) in [5, 5.41) is 13.1. The third-order valence-electron chi connectivity index (χ3n) is 8.53. The van der Waals surface area contributed by atoms with Crippen molar-refractivity contribution in [2.75, 3.05) is 52.2 Å². The molecule has 0 radical (unpaired) electrons. The fourth-order valence-electron chi connectivity index (χ4n) is 6.11. The fourth-order valence-corrected chi connectivity index (χ4v) is 6.11. The summed E-state index contributed by atoms with van der Waals surface area (Å²) in [5.41, 5.74) is 2.77. The first-order valence-electron chi connectivity index (χ1n) is 14.5. The van der Waals surface area contributed by atoms with E-state index < -0.39 is 17.7 Å². The number of carbonyl (C=O) groups is 2. The molecule has 2 saturated heterocycles. The summed E-state index contributed by atoms with van der Waals surface area (Å²) in [6.45, 7) is 4.20. The monoisotopic (exact) mass is 606 g/mol. The number of benzene rings is 2. The van der Waals surface area contributed by atoms with Crippen LogP contribution in [0.25, 0.3) is 16.9 Å². The second-order valence-corrected chi connectivity index (χ2v) is 11.3. The lowest BCUT2D eigenvalue weighted by atomic mass is 10.1. The Hall–Kier alpha value is -4.62. The standard InChI is InChI=1S/C31H33F2N7O4/c1-18-14-19(4-5-21(18)30(42)38-10-12-39(13-11-38)31(43)23-15-20(41)17-37(23)2)36-28-29-35-16-24(40(29)9-8-34-28)22-6-7-25(44-3)27(33)26(22)32/h4-9,14,16,20,23,41H,10-13,15,17H2,1-3H3,(H,34,36)/p+1/t20-,23+/m1/s1. The van der Waals surface area contributed by atoms with Crippen LogP contribution in [0.5, 0.6) is 5.75 Å². The van der Waals surface area contributed by atoms with Gasteiger partial charge in [-0.15, -0.1) is 0 Å². The van der Waals surface area contributed by atoms with Gasteiger partial charge in [0, 0.05) is 61.8 Å². The molecule has 3 N–H and O–H groups in total. The number of hydrogen-bond acceptors (Lipinski definition) is 7. The maximum absolute atomic E-state index is 14.8. The van der Waals surface area contributed by atoms with Gasteiger partial charge >= 0.3 is 0 Å². The molecule has 3 atom stereocenters. The van der Waals surface area contributed by atoms with Crippen molar-refractivity contribution in [3.8, 4) is 17.0 Å². The van der Waals surface area contributed by atoms with Crippen molar-refractivity contribution in [3.05, 3.63) is 71.7 Å². The number of methoxy groups -OCH3 is 1. The highest BCUT2D eigenvalue weighted by molar-refractivity contribution is 5.96. The maximum atomic E-state index is 14.8. The minimum atomic E-state index is -1.08. The summed E-state index contributed by atoms with van der Waals surface area (Å²) in [6, 6.07) is 7.92. The second kappa shape index (κ2) is 11.8. The Morgan fingerprint density at radius 2 is 1.82 bits per heavy atom. The molecule has 2 aliphatic heterocycles. The molecular weight excluding hydrogens is 572 g/mol. The van der Waals surface area contributed by atoms with Crippen molar-refractivity contribution in [2.24, 2.45) is 0 Å². The zero-order valence-corrected chi connectivity index (χ0v) is 24.7. The van der Waals surface area contributed by atoms with Gasteiger partial charge in [-0.3, -0.25) is 14.0 Å². The Bertz CT molecular complexity index is 1740. The quantitative estimate of drug-likeness (QED) is 0.306. The van der Waals surface area contributed by atoms with Crippen LogP contribution in [0.1, 0.15) is 22.3 Å². The number of imidazole rings is 1. The zero-order chi connectivity index (χ0) is 31.1. The average Bonchev–Trinajstić information content (AvgIpc) is 3.60. The normalized spacial score (nSPS) is 20.3. The number of likely N-dealkylation sites (N-methyl/N-ethyl adjacent to an activating group) is 1. The molecule has 0 saturated carbocycles. The molecule has 11 nitrogen and oxygen atoms in total. The van der Waals surface area contributed by atoms with Gasteiger partial charge in [0.1, 0.15) is 12.6 Å². The number of fused-ring (bicyclic) bond motifs is 1. The summed E-state index contributed by atoms with van der Waals surface area (Å²) in [6.07, 6.45) is 4.60. The zero-order valence-electron chi connectivity index (χ0n) is 24.7. The number of aryl methyl sites for hydroxylation is 1. The molecule has 2 aromatic heterocycles. The first-order chi connectivity index (χ1) is 21.2. The van der Waals surface area contributed by atoms with E-state index in [1.54, 1.807) is 32.5 Å². The number of carbonyl (C=O) groups excluding carboxylic acids is 2. The predicted octanol–water partition coefficient (Wildman–Crippen LogP) is 1.67. The highest BCUT2D eigenvalue weighted by atomic mass is 19.2. The summed E-state index contributed by atoms with van der Waals surface area (Å²) < 4.78 is 35.7. The third kappa shape index (κ3) is 5.33. The Morgan fingerprint density at radius 3 is 2.50 bits per heavy atom. The van der Waals surface area contributed by atoms with Gasteiger partial charge in [-0.05, 0) is 42.8 Å². The van der Waals surface area contributed by atoms with Crippen LogP contribution in [0.15, 0.2) is 48.9 Å². The first-order valence-corrected chi connectivity index (χ1v) is 14.5. The number of aliphatic hydroxyl groups is 1.